The summed E-state index contributed by atoms with van der Waals surface area (Å²) in [5.74, 6) is 0. The molecular weight excluding hydrogens is 542 g/mol. The van der Waals surface area contributed by atoms with Crippen molar-refractivity contribution in [1.29, 1.82) is 0 Å². The molecule has 0 radical (unpaired) electrons. The maximum absolute atomic E-state index is 6.19. The van der Waals surface area contributed by atoms with Crippen LogP contribution in [0.2, 0.25) is 5.02 Å². The van der Waals surface area contributed by atoms with Crippen LogP contribution in [0, 0.1) is 0 Å². The molecule has 0 aliphatic carbocycles. The molecule has 6 rings (SSSR count). The Bertz CT molecular complexity index is 1640. The Balaban J connectivity index is 1.73. The highest BCUT2D eigenvalue weighted by Crippen LogP contribution is 2.39. The van der Waals surface area contributed by atoms with Crippen molar-refractivity contribution in [2.75, 3.05) is 0 Å². The second-order valence-electron chi connectivity index (χ2n) is 7.20. The SMILES string of the molecule is Clc1cnc2nc(-c3c[nH]c4ccc(Br)cc34)c(-c3c[nH]c4ccc(Br)cc34)nc2c1. The number of rotatable bonds is 2. The van der Waals surface area contributed by atoms with Crippen LogP contribution in [0.15, 0.2) is 70.0 Å². The monoisotopic (exact) mass is 551 g/mol. The van der Waals surface area contributed by atoms with Crippen molar-refractivity contribution in [3.63, 3.8) is 0 Å². The highest BCUT2D eigenvalue weighted by molar-refractivity contribution is 9.10. The Morgan fingerprint density at radius 1 is 0.742 bits per heavy atom. The van der Waals surface area contributed by atoms with Gasteiger partial charge in [0.15, 0.2) is 5.65 Å². The summed E-state index contributed by atoms with van der Waals surface area (Å²) < 4.78 is 1.99. The van der Waals surface area contributed by atoms with Crippen LogP contribution in [0.5, 0.6) is 0 Å². The molecule has 0 fully saturated rings. The van der Waals surface area contributed by atoms with Crippen LogP contribution < -0.4 is 0 Å². The van der Waals surface area contributed by atoms with Gasteiger partial charge in [0.25, 0.3) is 0 Å². The Kier molecular flexibility index (Phi) is 4.38. The van der Waals surface area contributed by atoms with Crippen molar-refractivity contribution in [3.05, 3.63) is 75.0 Å². The van der Waals surface area contributed by atoms with Crippen LogP contribution in [0.3, 0.4) is 0 Å². The number of halogens is 3. The first-order valence-corrected chi connectivity index (χ1v) is 11.4. The van der Waals surface area contributed by atoms with Crippen LogP contribution >= 0.6 is 43.5 Å². The quantitative estimate of drug-likeness (QED) is 0.233. The molecule has 8 heteroatoms. The van der Waals surface area contributed by atoms with E-state index in [1.807, 2.05) is 36.7 Å². The summed E-state index contributed by atoms with van der Waals surface area (Å²) in [5.41, 5.74) is 6.69. The topological polar surface area (TPSA) is 70.2 Å². The summed E-state index contributed by atoms with van der Waals surface area (Å²) >= 11 is 13.4. The molecule has 2 N–H and O–H groups in total. The van der Waals surface area contributed by atoms with Gasteiger partial charge in [0.2, 0.25) is 0 Å². The van der Waals surface area contributed by atoms with E-state index >= 15 is 0 Å². The maximum Gasteiger partial charge on any atom is 0.178 e. The van der Waals surface area contributed by atoms with E-state index in [0.29, 0.717) is 16.2 Å². The van der Waals surface area contributed by atoms with E-state index in [-0.39, 0.29) is 0 Å². The normalized spacial score (nSPS) is 11.7. The van der Waals surface area contributed by atoms with Gasteiger partial charge in [-0.15, -0.1) is 0 Å². The first kappa shape index (κ1) is 19.0. The van der Waals surface area contributed by atoms with Crippen LogP contribution in [0.1, 0.15) is 0 Å². The molecule has 0 aliphatic rings. The fourth-order valence-corrected chi connectivity index (χ4v) is 4.75. The molecule has 150 valence electrons. The minimum absolute atomic E-state index is 0.526. The maximum atomic E-state index is 6.19. The fourth-order valence-electron chi connectivity index (χ4n) is 3.88. The van der Waals surface area contributed by atoms with Gasteiger partial charge < -0.3 is 9.97 Å². The predicted octanol–water partition coefficient (Wildman–Crippen LogP) is 7.50. The Morgan fingerprint density at radius 3 is 1.94 bits per heavy atom. The lowest BCUT2D eigenvalue weighted by molar-refractivity contribution is 1.23. The van der Waals surface area contributed by atoms with Crippen LogP contribution in [0.25, 0.3) is 55.5 Å². The van der Waals surface area contributed by atoms with Gasteiger partial charge in [-0.25, -0.2) is 15.0 Å². The van der Waals surface area contributed by atoms with E-state index in [9.17, 15) is 0 Å². The first-order valence-electron chi connectivity index (χ1n) is 9.44. The summed E-state index contributed by atoms with van der Waals surface area (Å²) in [6, 6.07) is 14.1. The van der Waals surface area contributed by atoms with Crippen molar-refractivity contribution in [2.45, 2.75) is 0 Å². The van der Waals surface area contributed by atoms with Crippen molar-refractivity contribution in [3.8, 4) is 22.5 Å². The van der Waals surface area contributed by atoms with E-state index in [4.69, 9.17) is 21.6 Å². The van der Waals surface area contributed by atoms with Crippen molar-refractivity contribution < 1.29 is 0 Å². The fraction of sp³-hybridized carbons (Fsp3) is 0. The molecule has 0 bridgehead atoms. The average molecular weight is 554 g/mol. The molecule has 6 aromatic rings. The van der Waals surface area contributed by atoms with Crippen LogP contribution in [-0.2, 0) is 0 Å². The van der Waals surface area contributed by atoms with Crippen molar-refractivity contribution >= 4 is 76.4 Å². The Hall–Kier alpha value is -2.74. The van der Waals surface area contributed by atoms with Crippen LogP contribution in [0.4, 0.5) is 0 Å². The third-order valence-electron chi connectivity index (χ3n) is 5.29. The van der Waals surface area contributed by atoms with Gasteiger partial charge in [-0.3, -0.25) is 0 Å². The molecular formula is C23H12Br2ClN5. The van der Waals surface area contributed by atoms with Gasteiger partial charge in [-0.1, -0.05) is 43.5 Å². The summed E-state index contributed by atoms with van der Waals surface area (Å²) in [6.45, 7) is 0. The minimum Gasteiger partial charge on any atom is -0.360 e. The number of hydrogen-bond acceptors (Lipinski definition) is 3. The van der Waals surface area contributed by atoms with Gasteiger partial charge in [-0.2, -0.15) is 0 Å². The lowest BCUT2D eigenvalue weighted by atomic mass is 10.0. The zero-order chi connectivity index (χ0) is 21.1. The van der Waals surface area contributed by atoms with Gasteiger partial charge >= 0.3 is 0 Å². The van der Waals surface area contributed by atoms with E-state index in [0.717, 1.165) is 53.3 Å². The smallest absolute Gasteiger partial charge is 0.178 e. The zero-order valence-corrected chi connectivity index (χ0v) is 19.7. The van der Waals surface area contributed by atoms with Gasteiger partial charge in [0.05, 0.1) is 10.7 Å². The summed E-state index contributed by atoms with van der Waals surface area (Å²) in [4.78, 5) is 21.0. The Morgan fingerprint density at radius 2 is 1.32 bits per heavy atom. The summed E-state index contributed by atoms with van der Waals surface area (Å²) in [7, 11) is 0. The number of hydrogen-bond donors (Lipinski definition) is 2. The molecule has 4 heterocycles. The molecule has 5 nitrogen and oxygen atoms in total. The first-order chi connectivity index (χ1) is 15.1. The molecule has 0 amide bonds. The molecule has 0 spiro atoms. The number of pyridine rings is 1. The predicted molar refractivity (Wildman–Crippen MR) is 132 cm³/mol. The lowest BCUT2D eigenvalue weighted by Gasteiger charge is -2.09. The number of fused-ring (bicyclic) bond motifs is 3. The summed E-state index contributed by atoms with van der Waals surface area (Å²) in [5, 5.41) is 2.64. The highest BCUT2D eigenvalue weighted by Gasteiger charge is 2.20. The molecule has 0 aliphatic heterocycles. The molecule has 0 unspecified atom stereocenters. The third-order valence-corrected chi connectivity index (χ3v) is 6.48. The van der Waals surface area contributed by atoms with E-state index in [1.165, 1.54) is 0 Å². The van der Waals surface area contributed by atoms with Crippen molar-refractivity contribution in [1.82, 2.24) is 24.9 Å². The van der Waals surface area contributed by atoms with Crippen LogP contribution in [-0.4, -0.2) is 24.9 Å². The second kappa shape index (κ2) is 7.15. The van der Waals surface area contributed by atoms with Crippen molar-refractivity contribution in [2.24, 2.45) is 0 Å². The molecule has 31 heavy (non-hydrogen) atoms. The summed E-state index contributed by atoms with van der Waals surface area (Å²) in [6.07, 6.45) is 5.53. The van der Waals surface area contributed by atoms with E-state index < -0.39 is 0 Å². The van der Waals surface area contributed by atoms with E-state index in [2.05, 4.69) is 58.9 Å². The highest BCUT2D eigenvalue weighted by atomic mass is 79.9. The van der Waals surface area contributed by atoms with E-state index in [1.54, 1.807) is 12.3 Å². The number of aromatic amines is 2. The molecule has 2 aromatic carbocycles. The number of nitrogens with one attached hydrogen (secondary N) is 2. The molecule has 0 saturated carbocycles. The lowest BCUT2D eigenvalue weighted by Crippen LogP contribution is -1.96. The molecule has 4 aromatic heterocycles. The number of aromatic nitrogens is 5. The number of H-pyrrole nitrogens is 2. The average Bonchev–Trinajstić information content (AvgIpc) is 3.36. The second-order valence-corrected chi connectivity index (χ2v) is 9.47. The zero-order valence-electron chi connectivity index (χ0n) is 15.7. The number of nitrogens with zero attached hydrogens (tertiary/aromatic N) is 3. The minimum atomic E-state index is 0.526. The van der Waals surface area contributed by atoms with Gasteiger partial charge in [-0.05, 0) is 42.5 Å². The van der Waals surface area contributed by atoms with Gasteiger partial charge in [0, 0.05) is 60.5 Å². The largest absolute Gasteiger partial charge is 0.360 e. The number of benzene rings is 2. The standard InChI is InChI=1S/C23H12Br2ClN5/c24-11-1-3-18-14(5-11)16(9-27-18)21-22(31-23-20(30-21)7-13(26)8-29-23)17-10-28-19-4-2-12(25)6-15(17)19/h1-10,27-28H. The molecule has 0 saturated heterocycles. The third kappa shape index (κ3) is 3.15. The Labute approximate surface area is 198 Å². The molecule has 0 atom stereocenters. The van der Waals surface area contributed by atoms with Gasteiger partial charge in [0.1, 0.15) is 11.2 Å².